The molecule has 3 aromatic rings. The molecule has 1 aromatic heterocycles. The molecule has 8 nitrogen and oxygen atoms in total. The maximum atomic E-state index is 12.8. The molecule has 0 amide bonds. The molecular formula is C27H36ClN6O2P. The van der Waals surface area contributed by atoms with Crippen molar-refractivity contribution in [3.05, 3.63) is 53.7 Å². The first-order valence-electron chi connectivity index (χ1n) is 12.3. The summed E-state index contributed by atoms with van der Waals surface area (Å²) in [6.07, 6.45) is 1.54. The molecule has 10 heteroatoms. The summed E-state index contributed by atoms with van der Waals surface area (Å²) in [6.45, 7) is 14.2. The quantitative estimate of drug-likeness (QED) is 0.363. The summed E-state index contributed by atoms with van der Waals surface area (Å²) < 4.78 is 18.5. The summed E-state index contributed by atoms with van der Waals surface area (Å²) in [4.78, 5) is 13.8. The van der Waals surface area contributed by atoms with E-state index in [-0.39, 0.29) is 5.54 Å². The number of ether oxygens (including phenoxy) is 1. The molecule has 0 atom stereocenters. The Kier molecular flexibility index (Phi) is 8.02. The first-order valence-corrected chi connectivity index (χ1v) is 15.3. The van der Waals surface area contributed by atoms with Crippen LogP contribution >= 0.6 is 18.7 Å². The number of methoxy groups -OCH3 is 1. The van der Waals surface area contributed by atoms with Crippen molar-refractivity contribution in [3.8, 4) is 5.75 Å². The minimum Gasteiger partial charge on any atom is -0.494 e. The van der Waals surface area contributed by atoms with Crippen LogP contribution < -0.4 is 25.6 Å². The van der Waals surface area contributed by atoms with Crippen LogP contribution in [0.25, 0.3) is 0 Å². The molecule has 1 saturated heterocycles. The molecule has 2 aromatic carbocycles. The number of rotatable bonds is 7. The van der Waals surface area contributed by atoms with Crippen molar-refractivity contribution < 1.29 is 9.30 Å². The summed E-state index contributed by atoms with van der Waals surface area (Å²) >= 11 is 6.40. The maximum absolute atomic E-state index is 12.8. The van der Waals surface area contributed by atoms with Gasteiger partial charge in [-0.3, -0.25) is 4.90 Å². The molecule has 4 rings (SSSR count). The van der Waals surface area contributed by atoms with Gasteiger partial charge in [-0.1, -0.05) is 23.7 Å². The number of benzene rings is 2. The zero-order valence-corrected chi connectivity index (χ0v) is 24.0. The molecule has 198 valence electrons. The van der Waals surface area contributed by atoms with Crippen LogP contribution in [0.2, 0.25) is 5.02 Å². The van der Waals surface area contributed by atoms with Crippen LogP contribution in [0, 0.1) is 0 Å². The van der Waals surface area contributed by atoms with Gasteiger partial charge in [0.2, 0.25) is 5.95 Å². The fourth-order valence-corrected chi connectivity index (χ4v) is 5.72. The van der Waals surface area contributed by atoms with Gasteiger partial charge in [0, 0.05) is 48.8 Å². The van der Waals surface area contributed by atoms with Crippen LogP contribution in [0.5, 0.6) is 5.75 Å². The van der Waals surface area contributed by atoms with Crippen LogP contribution in [0.1, 0.15) is 20.8 Å². The Bertz CT molecular complexity index is 1300. The topological polar surface area (TPSA) is 82.6 Å². The lowest BCUT2D eigenvalue weighted by atomic mass is 10.0. The molecule has 37 heavy (non-hydrogen) atoms. The molecule has 0 aliphatic carbocycles. The third-order valence-corrected chi connectivity index (χ3v) is 8.33. The minimum absolute atomic E-state index is 0.179. The number of para-hydroxylation sites is 1. The van der Waals surface area contributed by atoms with Gasteiger partial charge in [-0.15, -0.1) is 0 Å². The molecule has 1 aliphatic rings. The molecule has 0 spiro atoms. The van der Waals surface area contributed by atoms with E-state index in [9.17, 15) is 4.57 Å². The van der Waals surface area contributed by atoms with Gasteiger partial charge < -0.3 is 24.8 Å². The fraction of sp³-hybridized carbons (Fsp3) is 0.407. The number of hydrogen-bond donors (Lipinski definition) is 2. The standard InChI is InChI=1S/C27H36ClN6O2P/c1-27(2,3)34-15-13-33(14-16-34)19-11-12-21(23(17-19)36-4)31-26-29-18-20(28)25(32-26)30-22-9-7-8-10-24(22)37(5,6)35/h7-12,17-18H,13-16H2,1-6H3,(H2,29,30,31,32). The van der Waals surface area contributed by atoms with E-state index in [2.05, 4.69) is 57.2 Å². The Balaban J connectivity index is 1.52. The van der Waals surface area contributed by atoms with Gasteiger partial charge in [0.25, 0.3) is 0 Å². The van der Waals surface area contributed by atoms with Gasteiger partial charge in [0.15, 0.2) is 5.82 Å². The molecule has 0 bridgehead atoms. The van der Waals surface area contributed by atoms with E-state index in [4.69, 9.17) is 16.3 Å². The predicted octanol–water partition coefficient (Wildman–Crippen LogP) is 5.79. The van der Waals surface area contributed by atoms with Crippen LogP contribution in [-0.2, 0) is 4.57 Å². The van der Waals surface area contributed by atoms with E-state index in [0.29, 0.717) is 28.2 Å². The Morgan fingerprint density at radius 3 is 2.35 bits per heavy atom. The van der Waals surface area contributed by atoms with E-state index in [1.165, 1.54) is 6.20 Å². The summed E-state index contributed by atoms with van der Waals surface area (Å²) in [5, 5.41) is 7.58. The predicted molar refractivity (Wildman–Crippen MR) is 156 cm³/mol. The van der Waals surface area contributed by atoms with Gasteiger partial charge >= 0.3 is 0 Å². The highest BCUT2D eigenvalue weighted by Gasteiger charge is 2.26. The van der Waals surface area contributed by atoms with Crippen molar-refractivity contribution in [3.63, 3.8) is 0 Å². The number of nitrogens with one attached hydrogen (secondary N) is 2. The van der Waals surface area contributed by atoms with Crippen molar-refractivity contribution in [2.24, 2.45) is 0 Å². The van der Waals surface area contributed by atoms with E-state index >= 15 is 0 Å². The van der Waals surface area contributed by atoms with Gasteiger partial charge in [-0.05, 0) is 58.4 Å². The average Bonchev–Trinajstić information content (AvgIpc) is 2.85. The van der Waals surface area contributed by atoms with Crippen LogP contribution in [0.3, 0.4) is 0 Å². The van der Waals surface area contributed by atoms with Crippen molar-refractivity contribution in [1.29, 1.82) is 0 Å². The number of halogens is 1. The van der Waals surface area contributed by atoms with Crippen molar-refractivity contribution in [2.75, 3.05) is 62.2 Å². The summed E-state index contributed by atoms with van der Waals surface area (Å²) in [6, 6.07) is 13.6. The van der Waals surface area contributed by atoms with E-state index in [1.807, 2.05) is 36.4 Å². The molecule has 2 N–H and O–H groups in total. The minimum atomic E-state index is -2.50. The lowest BCUT2D eigenvalue weighted by molar-refractivity contribution is 0.128. The Hall–Kier alpha value is -2.80. The third kappa shape index (κ3) is 6.56. The molecule has 0 radical (unpaired) electrons. The highest BCUT2D eigenvalue weighted by molar-refractivity contribution is 7.70. The summed E-state index contributed by atoms with van der Waals surface area (Å²) in [7, 11) is -0.846. The molecule has 1 fully saturated rings. The smallest absolute Gasteiger partial charge is 0.229 e. The van der Waals surface area contributed by atoms with Crippen LogP contribution in [0.15, 0.2) is 48.7 Å². The SMILES string of the molecule is COc1cc(N2CCN(C(C)(C)C)CC2)ccc1Nc1ncc(Cl)c(Nc2ccccc2P(C)(C)=O)n1. The normalized spacial score (nSPS) is 14.9. The van der Waals surface area contributed by atoms with Gasteiger partial charge in [-0.25, -0.2) is 4.98 Å². The number of hydrogen-bond acceptors (Lipinski definition) is 8. The third-order valence-electron chi connectivity index (χ3n) is 6.51. The number of nitrogens with zero attached hydrogens (tertiary/aromatic N) is 4. The van der Waals surface area contributed by atoms with Crippen LogP contribution in [-0.4, -0.2) is 67.0 Å². The highest BCUT2D eigenvalue weighted by atomic mass is 35.5. The second-order valence-corrected chi connectivity index (χ2v) is 14.1. The molecule has 1 aliphatic heterocycles. The van der Waals surface area contributed by atoms with Gasteiger partial charge in [-0.2, -0.15) is 4.98 Å². The zero-order valence-electron chi connectivity index (χ0n) is 22.4. The summed E-state index contributed by atoms with van der Waals surface area (Å²) in [5.41, 5.74) is 2.75. The maximum Gasteiger partial charge on any atom is 0.229 e. The Labute approximate surface area is 224 Å². The van der Waals surface area contributed by atoms with Gasteiger partial charge in [0.05, 0.1) is 24.7 Å². The lowest BCUT2D eigenvalue weighted by Crippen LogP contribution is -2.53. The lowest BCUT2D eigenvalue weighted by Gasteiger charge is -2.43. The van der Waals surface area contributed by atoms with Crippen molar-refractivity contribution in [1.82, 2.24) is 14.9 Å². The second-order valence-electron chi connectivity index (χ2n) is 10.5. The number of aromatic nitrogens is 2. The molecule has 0 saturated carbocycles. The largest absolute Gasteiger partial charge is 0.494 e. The van der Waals surface area contributed by atoms with E-state index in [0.717, 1.165) is 42.9 Å². The Morgan fingerprint density at radius 1 is 1.00 bits per heavy atom. The fourth-order valence-electron chi connectivity index (χ4n) is 4.43. The molecule has 0 unspecified atom stereocenters. The highest BCUT2D eigenvalue weighted by Crippen LogP contribution is 2.39. The second kappa shape index (κ2) is 10.9. The average molecular weight is 543 g/mol. The number of anilines is 5. The van der Waals surface area contributed by atoms with Crippen molar-refractivity contribution in [2.45, 2.75) is 26.3 Å². The van der Waals surface area contributed by atoms with E-state index < -0.39 is 7.14 Å². The van der Waals surface area contributed by atoms with E-state index in [1.54, 1.807) is 20.4 Å². The first kappa shape index (κ1) is 27.2. The summed E-state index contributed by atoms with van der Waals surface area (Å²) in [5.74, 6) is 1.49. The van der Waals surface area contributed by atoms with Crippen LogP contribution in [0.4, 0.5) is 28.8 Å². The zero-order chi connectivity index (χ0) is 26.8. The van der Waals surface area contributed by atoms with Crippen molar-refractivity contribution >= 4 is 52.9 Å². The molecule has 2 heterocycles. The molecular weight excluding hydrogens is 507 g/mol. The Morgan fingerprint density at radius 2 is 1.70 bits per heavy atom. The number of piperazine rings is 1. The first-order chi connectivity index (χ1) is 17.5. The van der Waals surface area contributed by atoms with Gasteiger partial charge in [0.1, 0.15) is 17.9 Å². The monoisotopic (exact) mass is 542 g/mol.